The molecule has 0 spiro atoms. The third-order valence-electron chi connectivity index (χ3n) is 5.60. The first-order chi connectivity index (χ1) is 14.6. The molecule has 0 bridgehead atoms. The molecular weight excluding hydrogens is 396 g/mol. The SMILES string of the molecule is COc1cccc(C2C(=C(O)c3cc(C)c(C)cc3O)C(=O)C(=O)N2CCN(C)C)c1. The number of Topliss-reactive ketones (excluding diaryl/α,β-unsaturated/α-hetero) is 1. The Balaban J connectivity index is 2.22. The summed E-state index contributed by atoms with van der Waals surface area (Å²) in [5.74, 6) is -1.42. The van der Waals surface area contributed by atoms with Crippen LogP contribution in [0.4, 0.5) is 0 Å². The number of aryl methyl sites for hydroxylation is 2. The van der Waals surface area contributed by atoms with Crippen molar-refractivity contribution in [2.75, 3.05) is 34.3 Å². The average Bonchev–Trinajstić information content (AvgIpc) is 2.99. The van der Waals surface area contributed by atoms with Crippen molar-refractivity contribution in [3.05, 3.63) is 64.2 Å². The van der Waals surface area contributed by atoms with Gasteiger partial charge in [0, 0.05) is 13.1 Å². The predicted octanol–water partition coefficient (Wildman–Crippen LogP) is 3.00. The average molecular weight is 424 g/mol. The number of aromatic hydroxyl groups is 1. The van der Waals surface area contributed by atoms with Gasteiger partial charge in [-0.2, -0.15) is 0 Å². The van der Waals surface area contributed by atoms with E-state index < -0.39 is 17.7 Å². The maximum Gasteiger partial charge on any atom is 0.295 e. The van der Waals surface area contributed by atoms with Crippen LogP contribution in [0.15, 0.2) is 42.0 Å². The van der Waals surface area contributed by atoms with Gasteiger partial charge in [-0.25, -0.2) is 0 Å². The number of phenolic OH excluding ortho intramolecular Hbond substituents is 1. The summed E-state index contributed by atoms with van der Waals surface area (Å²) >= 11 is 0. The molecule has 1 unspecified atom stereocenters. The van der Waals surface area contributed by atoms with Gasteiger partial charge in [-0.3, -0.25) is 9.59 Å². The number of phenols is 1. The van der Waals surface area contributed by atoms with Crippen molar-refractivity contribution in [3.63, 3.8) is 0 Å². The number of carbonyl (C=O) groups excluding carboxylic acids is 2. The molecule has 2 aromatic carbocycles. The normalized spacial score (nSPS) is 18.1. The van der Waals surface area contributed by atoms with E-state index in [9.17, 15) is 19.8 Å². The molecule has 0 radical (unpaired) electrons. The largest absolute Gasteiger partial charge is 0.507 e. The summed E-state index contributed by atoms with van der Waals surface area (Å²) in [6.45, 7) is 4.54. The van der Waals surface area contributed by atoms with Gasteiger partial charge in [-0.1, -0.05) is 12.1 Å². The number of ketones is 1. The van der Waals surface area contributed by atoms with Gasteiger partial charge >= 0.3 is 0 Å². The van der Waals surface area contributed by atoms with Crippen LogP contribution in [0.25, 0.3) is 5.76 Å². The molecule has 1 amide bonds. The van der Waals surface area contributed by atoms with Crippen molar-refractivity contribution in [1.29, 1.82) is 0 Å². The van der Waals surface area contributed by atoms with Crippen molar-refractivity contribution >= 4 is 17.4 Å². The summed E-state index contributed by atoms with van der Waals surface area (Å²) in [4.78, 5) is 29.3. The van der Waals surface area contributed by atoms with Crippen LogP contribution < -0.4 is 4.74 Å². The van der Waals surface area contributed by atoms with E-state index in [1.807, 2.05) is 32.8 Å². The Hall–Kier alpha value is -3.32. The first kappa shape index (κ1) is 22.4. The predicted molar refractivity (Wildman–Crippen MR) is 118 cm³/mol. The van der Waals surface area contributed by atoms with Gasteiger partial charge in [-0.15, -0.1) is 0 Å². The number of methoxy groups -OCH3 is 1. The number of carbonyl (C=O) groups is 2. The van der Waals surface area contributed by atoms with Crippen molar-refractivity contribution in [1.82, 2.24) is 9.80 Å². The Morgan fingerprint density at radius 1 is 1.13 bits per heavy atom. The lowest BCUT2D eigenvalue weighted by atomic mass is 9.93. The van der Waals surface area contributed by atoms with Crippen molar-refractivity contribution in [3.8, 4) is 11.5 Å². The number of rotatable bonds is 6. The third kappa shape index (κ3) is 4.27. The van der Waals surface area contributed by atoms with Crippen LogP contribution in [0.5, 0.6) is 11.5 Å². The van der Waals surface area contributed by atoms with Crippen LogP contribution in [0.3, 0.4) is 0 Å². The highest BCUT2D eigenvalue weighted by Gasteiger charge is 2.46. The second-order valence-corrected chi connectivity index (χ2v) is 8.03. The van der Waals surface area contributed by atoms with E-state index >= 15 is 0 Å². The van der Waals surface area contributed by atoms with Gasteiger partial charge in [0.15, 0.2) is 0 Å². The molecule has 3 rings (SSSR count). The van der Waals surface area contributed by atoms with E-state index in [4.69, 9.17) is 4.74 Å². The lowest BCUT2D eigenvalue weighted by Gasteiger charge is -2.27. The monoisotopic (exact) mass is 424 g/mol. The summed E-state index contributed by atoms with van der Waals surface area (Å²) in [6.07, 6.45) is 0. The summed E-state index contributed by atoms with van der Waals surface area (Å²) < 4.78 is 5.31. The Kier molecular flexibility index (Phi) is 6.36. The third-order valence-corrected chi connectivity index (χ3v) is 5.60. The van der Waals surface area contributed by atoms with Gasteiger partial charge in [0.25, 0.3) is 11.7 Å². The first-order valence-corrected chi connectivity index (χ1v) is 10.0. The fourth-order valence-electron chi connectivity index (χ4n) is 3.71. The number of hydrogen-bond acceptors (Lipinski definition) is 6. The number of hydrogen-bond donors (Lipinski definition) is 2. The molecular formula is C24H28N2O5. The fraction of sp³-hybridized carbons (Fsp3) is 0.333. The van der Waals surface area contributed by atoms with Crippen LogP contribution in [0, 0.1) is 13.8 Å². The molecule has 0 saturated carbocycles. The molecule has 1 aliphatic rings. The molecule has 2 N–H and O–H groups in total. The molecule has 2 aromatic rings. The number of aliphatic hydroxyl groups is 1. The van der Waals surface area contributed by atoms with Crippen LogP contribution in [0.2, 0.25) is 0 Å². The highest BCUT2D eigenvalue weighted by molar-refractivity contribution is 6.46. The molecule has 1 saturated heterocycles. The number of ether oxygens (including phenoxy) is 1. The maximum absolute atomic E-state index is 13.0. The number of aliphatic hydroxyl groups excluding tert-OH is 1. The maximum atomic E-state index is 13.0. The molecule has 1 aliphatic heterocycles. The molecule has 0 aliphatic carbocycles. The second-order valence-electron chi connectivity index (χ2n) is 8.03. The second kappa shape index (κ2) is 8.81. The topological polar surface area (TPSA) is 90.3 Å². The number of benzene rings is 2. The van der Waals surface area contributed by atoms with Crippen LogP contribution in [0.1, 0.15) is 28.3 Å². The molecule has 1 heterocycles. The number of likely N-dealkylation sites (tertiary alicyclic amines) is 1. The van der Waals surface area contributed by atoms with Crippen molar-refractivity contribution < 1.29 is 24.5 Å². The molecule has 7 heteroatoms. The van der Waals surface area contributed by atoms with Crippen LogP contribution >= 0.6 is 0 Å². The molecule has 164 valence electrons. The van der Waals surface area contributed by atoms with Crippen LogP contribution in [-0.4, -0.2) is 66.0 Å². The zero-order chi connectivity index (χ0) is 22.9. The van der Waals surface area contributed by atoms with E-state index in [1.165, 1.54) is 18.1 Å². The highest BCUT2D eigenvalue weighted by atomic mass is 16.5. The Morgan fingerprint density at radius 3 is 2.45 bits per heavy atom. The minimum atomic E-state index is -0.795. The van der Waals surface area contributed by atoms with Gasteiger partial charge in [0.1, 0.15) is 17.3 Å². The smallest absolute Gasteiger partial charge is 0.295 e. The summed E-state index contributed by atoms with van der Waals surface area (Å²) in [5, 5.41) is 21.6. The summed E-state index contributed by atoms with van der Waals surface area (Å²) in [7, 11) is 5.30. The first-order valence-electron chi connectivity index (χ1n) is 10.0. The Morgan fingerprint density at radius 2 is 1.81 bits per heavy atom. The fourth-order valence-corrected chi connectivity index (χ4v) is 3.71. The minimum Gasteiger partial charge on any atom is -0.507 e. The standard InChI is InChI=1S/C24H28N2O5/c1-14-11-18(19(27)12-15(14)2)22(28)20-21(16-7-6-8-17(13-16)31-5)26(10-9-25(3)4)24(30)23(20)29/h6-8,11-13,21,27-28H,9-10H2,1-5H3. The molecule has 31 heavy (non-hydrogen) atoms. The van der Waals surface area contributed by atoms with E-state index in [0.717, 1.165) is 11.1 Å². The Labute approximate surface area is 182 Å². The Bertz CT molecular complexity index is 1060. The van der Waals surface area contributed by atoms with Crippen LogP contribution in [-0.2, 0) is 9.59 Å². The van der Waals surface area contributed by atoms with Gasteiger partial charge in [-0.05, 0) is 68.9 Å². The van der Waals surface area contributed by atoms with Gasteiger partial charge in [0.2, 0.25) is 0 Å². The van der Waals surface area contributed by atoms with Gasteiger partial charge < -0.3 is 24.7 Å². The van der Waals surface area contributed by atoms with E-state index in [-0.39, 0.29) is 22.6 Å². The van der Waals surface area contributed by atoms with Crippen molar-refractivity contribution in [2.45, 2.75) is 19.9 Å². The van der Waals surface area contributed by atoms with E-state index in [0.29, 0.717) is 24.4 Å². The number of amides is 1. The lowest BCUT2D eigenvalue weighted by molar-refractivity contribution is -0.140. The molecule has 1 atom stereocenters. The zero-order valence-corrected chi connectivity index (χ0v) is 18.5. The summed E-state index contributed by atoms with van der Waals surface area (Å²) in [5.41, 5.74) is 2.42. The summed E-state index contributed by atoms with van der Waals surface area (Å²) in [6, 6.07) is 9.43. The number of likely N-dealkylation sites (N-methyl/N-ethyl adjacent to an activating group) is 1. The van der Waals surface area contributed by atoms with Crippen molar-refractivity contribution in [2.24, 2.45) is 0 Å². The number of nitrogens with zero attached hydrogens (tertiary/aromatic N) is 2. The zero-order valence-electron chi connectivity index (χ0n) is 18.5. The van der Waals surface area contributed by atoms with E-state index in [2.05, 4.69) is 0 Å². The molecule has 1 fully saturated rings. The van der Waals surface area contributed by atoms with Gasteiger partial charge in [0.05, 0.1) is 24.3 Å². The lowest BCUT2D eigenvalue weighted by Crippen LogP contribution is -2.35. The molecule has 0 aromatic heterocycles. The molecule has 7 nitrogen and oxygen atoms in total. The minimum absolute atomic E-state index is 0.0458. The quantitative estimate of drug-likeness (QED) is 0.421. The van der Waals surface area contributed by atoms with E-state index in [1.54, 1.807) is 30.3 Å². The highest BCUT2D eigenvalue weighted by Crippen LogP contribution is 2.41.